The van der Waals surface area contributed by atoms with Crippen LogP contribution in [0.4, 0.5) is 0 Å². The summed E-state index contributed by atoms with van der Waals surface area (Å²) < 4.78 is 16.1. The van der Waals surface area contributed by atoms with Crippen molar-refractivity contribution in [3.8, 4) is 11.5 Å². The zero-order chi connectivity index (χ0) is 20.1. The number of carbonyl (C=O) groups excluding carboxylic acids is 1. The predicted octanol–water partition coefficient (Wildman–Crippen LogP) is 4.76. The molecule has 0 bridgehead atoms. The summed E-state index contributed by atoms with van der Waals surface area (Å²) in [5.41, 5.74) is 3.35. The first-order valence-electron chi connectivity index (χ1n) is 9.33. The number of aliphatic imine (C=N–C) groups is 1. The van der Waals surface area contributed by atoms with Crippen molar-refractivity contribution in [2.45, 2.75) is 32.6 Å². The van der Waals surface area contributed by atoms with Gasteiger partial charge in [0.15, 0.2) is 11.6 Å². The van der Waals surface area contributed by atoms with Crippen LogP contribution in [0.1, 0.15) is 42.9 Å². The van der Waals surface area contributed by atoms with Gasteiger partial charge in [0.1, 0.15) is 11.5 Å². The molecule has 146 valence electrons. The van der Waals surface area contributed by atoms with Crippen molar-refractivity contribution >= 4 is 17.9 Å². The van der Waals surface area contributed by atoms with E-state index >= 15 is 0 Å². The molecule has 0 saturated heterocycles. The molecule has 5 heteroatoms. The lowest BCUT2D eigenvalue weighted by Gasteiger charge is -2.12. The molecule has 28 heavy (non-hydrogen) atoms. The van der Waals surface area contributed by atoms with E-state index in [4.69, 9.17) is 14.2 Å². The normalized spacial score (nSPS) is 15.0. The molecule has 0 fully saturated rings. The van der Waals surface area contributed by atoms with E-state index < -0.39 is 5.97 Å². The van der Waals surface area contributed by atoms with Gasteiger partial charge in [-0.05, 0) is 53.3 Å². The summed E-state index contributed by atoms with van der Waals surface area (Å²) in [5, 5.41) is 0. The molecular weight excluding hydrogens is 354 g/mol. The molecule has 2 aromatic rings. The molecule has 0 aromatic heterocycles. The van der Waals surface area contributed by atoms with Crippen molar-refractivity contribution in [1.82, 2.24) is 0 Å². The summed E-state index contributed by atoms with van der Waals surface area (Å²) in [4.78, 5) is 16.6. The Hall–Kier alpha value is -3.08. The molecular formula is C23H25NO4. The Morgan fingerprint density at radius 3 is 2.50 bits per heavy atom. The van der Waals surface area contributed by atoms with E-state index in [1.165, 1.54) is 0 Å². The second-order valence-electron chi connectivity index (χ2n) is 6.89. The van der Waals surface area contributed by atoms with Crippen molar-refractivity contribution in [2.24, 2.45) is 4.99 Å². The molecule has 0 amide bonds. The maximum atomic E-state index is 12.2. The zero-order valence-corrected chi connectivity index (χ0v) is 16.7. The quantitative estimate of drug-likeness (QED) is 0.514. The minimum absolute atomic E-state index is 0.309. The van der Waals surface area contributed by atoms with Crippen molar-refractivity contribution in [3.05, 3.63) is 64.9 Å². The Morgan fingerprint density at radius 1 is 1.04 bits per heavy atom. The molecule has 0 spiro atoms. The number of rotatable bonds is 7. The van der Waals surface area contributed by atoms with Gasteiger partial charge in [0, 0.05) is 6.42 Å². The summed E-state index contributed by atoms with van der Waals surface area (Å²) in [6.45, 7) is 4.21. The third-order valence-electron chi connectivity index (χ3n) is 4.64. The SMILES string of the molecule is COc1ccccc1CCC1=N/C(=C/c2ccc(OC)c(C(C)C)c2)C(=O)O1. The Bertz CT molecular complexity index is 928. The molecule has 5 nitrogen and oxygen atoms in total. The van der Waals surface area contributed by atoms with Crippen molar-refractivity contribution in [1.29, 1.82) is 0 Å². The maximum absolute atomic E-state index is 12.2. The first-order chi connectivity index (χ1) is 13.5. The number of hydrogen-bond donors (Lipinski definition) is 0. The second-order valence-corrected chi connectivity index (χ2v) is 6.89. The predicted molar refractivity (Wildman–Crippen MR) is 110 cm³/mol. The van der Waals surface area contributed by atoms with E-state index in [1.54, 1.807) is 20.3 Å². The van der Waals surface area contributed by atoms with Crippen LogP contribution >= 0.6 is 0 Å². The number of benzene rings is 2. The van der Waals surface area contributed by atoms with Gasteiger partial charge in [0.05, 0.1) is 14.2 Å². The number of hydrogen-bond acceptors (Lipinski definition) is 5. The summed E-state index contributed by atoms with van der Waals surface area (Å²) in [6, 6.07) is 13.6. The van der Waals surface area contributed by atoms with Crippen LogP contribution in [0.5, 0.6) is 11.5 Å². The van der Waals surface area contributed by atoms with E-state index in [9.17, 15) is 4.79 Å². The minimum Gasteiger partial charge on any atom is -0.496 e. The van der Waals surface area contributed by atoms with Gasteiger partial charge in [0.2, 0.25) is 0 Å². The Kier molecular flexibility index (Phi) is 6.14. The van der Waals surface area contributed by atoms with E-state index in [-0.39, 0.29) is 0 Å². The highest BCUT2D eigenvalue weighted by atomic mass is 16.6. The second kappa shape index (κ2) is 8.74. The molecule has 1 aliphatic rings. The van der Waals surface area contributed by atoms with Crippen LogP contribution in [0, 0.1) is 0 Å². The van der Waals surface area contributed by atoms with Gasteiger partial charge >= 0.3 is 5.97 Å². The maximum Gasteiger partial charge on any atom is 0.363 e. The lowest BCUT2D eigenvalue weighted by Crippen LogP contribution is -2.05. The fourth-order valence-electron chi connectivity index (χ4n) is 3.16. The van der Waals surface area contributed by atoms with E-state index in [0.29, 0.717) is 30.4 Å². The third kappa shape index (κ3) is 4.42. The summed E-state index contributed by atoms with van der Waals surface area (Å²) in [6.07, 6.45) is 2.97. The zero-order valence-electron chi connectivity index (χ0n) is 16.7. The van der Waals surface area contributed by atoms with Crippen LogP contribution < -0.4 is 9.47 Å². The standard InChI is InChI=1S/C23H25NO4/c1-15(2)18-13-16(9-11-21(18)27-4)14-19-23(25)28-22(24-19)12-10-17-7-5-6-8-20(17)26-3/h5-9,11,13-15H,10,12H2,1-4H3/b19-14+. The molecule has 0 N–H and O–H groups in total. The molecule has 3 rings (SSSR count). The van der Waals surface area contributed by atoms with Crippen molar-refractivity contribution in [3.63, 3.8) is 0 Å². The largest absolute Gasteiger partial charge is 0.496 e. The number of aryl methyl sites for hydroxylation is 1. The van der Waals surface area contributed by atoms with Gasteiger partial charge in [0.25, 0.3) is 0 Å². The molecule has 0 saturated carbocycles. The van der Waals surface area contributed by atoms with E-state index in [0.717, 1.165) is 28.2 Å². The van der Waals surface area contributed by atoms with Crippen LogP contribution in [0.3, 0.4) is 0 Å². The first-order valence-corrected chi connectivity index (χ1v) is 9.33. The number of cyclic esters (lactones) is 1. The Balaban J connectivity index is 1.77. The third-order valence-corrected chi connectivity index (χ3v) is 4.64. The number of carbonyl (C=O) groups is 1. The molecule has 1 aliphatic heterocycles. The van der Waals surface area contributed by atoms with Crippen molar-refractivity contribution in [2.75, 3.05) is 14.2 Å². The summed E-state index contributed by atoms with van der Waals surface area (Å²) in [5.74, 6) is 1.98. The molecule has 0 unspecified atom stereocenters. The highest BCUT2D eigenvalue weighted by molar-refractivity contribution is 6.07. The summed E-state index contributed by atoms with van der Waals surface area (Å²) in [7, 11) is 3.30. The van der Waals surface area contributed by atoms with Gasteiger partial charge < -0.3 is 14.2 Å². The molecule has 0 radical (unpaired) electrons. The van der Waals surface area contributed by atoms with Gasteiger partial charge in [-0.3, -0.25) is 0 Å². The number of methoxy groups -OCH3 is 2. The number of para-hydroxylation sites is 1. The van der Waals surface area contributed by atoms with E-state index in [1.807, 2.05) is 42.5 Å². The number of ether oxygens (including phenoxy) is 3. The van der Waals surface area contributed by atoms with Gasteiger partial charge in [-0.25, -0.2) is 9.79 Å². The first kappa shape index (κ1) is 19.7. The minimum atomic E-state index is -0.419. The van der Waals surface area contributed by atoms with Gasteiger partial charge in [-0.1, -0.05) is 38.1 Å². The van der Waals surface area contributed by atoms with Crippen LogP contribution in [0.15, 0.2) is 53.2 Å². The number of esters is 1. The van der Waals surface area contributed by atoms with Crippen LogP contribution in [0.2, 0.25) is 0 Å². The van der Waals surface area contributed by atoms with Crippen LogP contribution in [-0.4, -0.2) is 26.1 Å². The van der Waals surface area contributed by atoms with Gasteiger partial charge in [-0.2, -0.15) is 0 Å². The lowest BCUT2D eigenvalue weighted by atomic mass is 9.99. The highest BCUT2D eigenvalue weighted by Gasteiger charge is 2.23. The average molecular weight is 379 g/mol. The smallest absolute Gasteiger partial charge is 0.363 e. The van der Waals surface area contributed by atoms with E-state index in [2.05, 4.69) is 18.8 Å². The summed E-state index contributed by atoms with van der Waals surface area (Å²) >= 11 is 0. The topological polar surface area (TPSA) is 57.1 Å². The monoisotopic (exact) mass is 379 g/mol. The van der Waals surface area contributed by atoms with Crippen LogP contribution in [0.25, 0.3) is 6.08 Å². The van der Waals surface area contributed by atoms with Crippen molar-refractivity contribution < 1.29 is 19.0 Å². The lowest BCUT2D eigenvalue weighted by molar-refractivity contribution is -0.130. The molecule has 2 aromatic carbocycles. The number of nitrogens with zero attached hydrogens (tertiary/aromatic N) is 1. The molecule has 0 aliphatic carbocycles. The van der Waals surface area contributed by atoms with Gasteiger partial charge in [-0.15, -0.1) is 0 Å². The fourth-order valence-corrected chi connectivity index (χ4v) is 3.16. The average Bonchev–Trinajstić information content (AvgIpc) is 3.05. The Morgan fingerprint density at radius 2 is 1.79 bits per heavy atom. The van der Waals surface area contributed by atoms with Crippen LogP contribution in [-0.2, 0) is 16.0 Å². The highest BCUT2D eigenvalue weighted by Crippen LogP contribution is 2.29. The Labute approximate surface area is 165 Å². The molecule has 0 atom stereocenters. The fraction of sp³-hybridized carbons (Fsp3) is 0.304. The molecule has 1 heterocycles.